The third kappa shape index (κ3) is 4.22. The molecule has 0 spiro atoms. The second kappa shape index (κ2) is 5.76. The first-order valence-corrected chi connectivity index (χ1v) is 7.36. The van der Waals surface area contributed by atoms with E-state index >= 15 is 0 Å². The molecule has 4 heteroatoms. The maximum absolute atomic E-state index is 12.3. The van der Waals surface area contributed by atoms with Crippen LogP contribution in [0, 0.1) is 0 Å². The maximum atomic E-state index is 12.3. The molecule has 0 saturated heterocycles. The van der Waals surface area contributed by atoms with Crippen LogP contribution in [0.25, 0.3) is 0 Å². The summed E-state index contributed by atoms with van der Waals surface area (Å²) in [6.45, 7) is 5.61. The van der Waals surface area contributed by atoms with Gasteiger partial charge in [-0.25, -0.2) is 0 Å². The van der Waals surface area contributed by atoms with Crippen LogP contribution in [0.15, 0.2) is 30.3 Å². The molecule has 17 heavy (non-hydrogen) atoms. The summed E-state index contributed by atoms with van der Waals surface area (Å²) in [6, 6.07) is 9.19. The summed E-state index contributed by atoms with van der Waals surface area (Å²) in [5.41, 5.74) is 0.437. The molecular formula is C13H20NO2S. The van der Waals surface area contributed by atoms with E-state index in [4.69, 9.17) is 0 Å². The van der Waals surface area contributed by atoms with E-state index < -0.39 is 16.3 Å². The van der Waals surface area contributed by atoms with Gasteiger partial charge in [0.2, 0.25) is 0 Å². The van der Waals surface area contributed by atoms with Crippen molar-refractivity contribution >= 4 is 10.8 Å². The molecule has 0 aliphatic carbocycles. The second-order valence-electron chi connectivity index (χ2n) is 5.16. The molecule has 0 fully saturated rings. The van der Waals surface area contributed by atoms with E-state index in [2.05, 4.69) is 0 Å². The van der Waals surface area contributed by atoms with Crippen molar-refractivity contribution in [2.75, 3.05) is 12.0 Å². The molecule has 1 aromatic carbocycles. The molecule has 3 nitrogen and oxygen atoms in total. The summed E-state index contributed by atoms with van der Waals surface area (Å²) in [5, 5.41) is 13.3. The lowest BCUT2D eigenvalue weighted by atomic mass is 10.0. The van der Waals surface area contributed by atoms with Gasteiger partial charge in [0.15, 0.2) is 0 Å². The van der Waals surface area contributed by atoms with Crippen LogP contribution in [-0.2, 0) is 16.0 Å². The Balaban J connectivity index is 3.00. The van der Waals surface area contributed by atoms with Gasteiger partial charge in [0.25, 0.3) is 0 Å². The molecule has 0 bridgehead atoms. The van der Waals surface area contributed by atoms with Gasteiger partial charge in [-0.2, -0.15) is 0 Å². The van der Waals surface area contributed by atoms with Crippen molar-refractivity contribution in [1.29, 1.82) is 0 Å². The zero-order chi connectivity index (χ0) is 13.1. The van der Waals surface area contributed by atoms with E-state index in [1.807, 2.05) is 51.1 Å². The van der Waals surface area contributed by atoms with Crippen molar-refractivity contribution in [3.8, 4) is 0 Å². The minimum atomic E-state index is -0.993. The Bertz CT molecular complexity index is 373. The van der Waals surface area contributed by atoms with Gasteiger partial charge >= 0.3 is 0 Å². The summed E-state index contributed by atoms with van der Waals surface area (Å²) in [7, 11) is -0.993. The van der Waals surface area contributed by atoms with Gasteiger partial charge in [-0.1, -0.05) is 30.3 Å². The lowest BCUT2D eigenvalue weighted by Gasteiger charge is -2.34. The zero-order valence-corrected chi connectivity index (χ0v) is 11.7. The predicted octanol–water partition coefficient (Wildman–Crippen LogP) is 2.55. The molecule has 2 atom stereocenters. The highest BCUT2D eigenvalue weighted by Gasteiger charge is 2.30. The van der Waals surface area contributed by atoms with E-state index in [0.717, 1.165) is 10.6 Å². The molecule has 0 N–H and O–H groups in total. The van der Waals surface area contributed by atoms with Crippen molar-refractivity contribution in [2.24, 2.45) is 0 Å². The van der Waals surface area contributed by atoms with Crippen LogP contribution >= 0.6 is 0 Å². The Morgan fingerprint density at radius 1 is 1.24 bits per heavy atom. The largest absolute Gasteiger partial charge is 0.260 e. The van der Waals surface area contributed by atoms with Gasteiger partial charge in [0.05, 0.1) is 6.04 Å². The van der Waals surface area contributed by atoms with Gasteiger partial charge in [-0.3, -0.25) is 4.21 Å². The third-order valence-corrected chi connectivity index (χ3v) is 3.31. The SMILES string of the molecule is CS(=O)CC(c1ccccc1)N([O])C(C)(C)C. The third-order valence-electron chi connectivity index (χ3n) is 2.52. The van der Waals surface area contributed by atoms with Crippen molar-refractivity contribution in [1.82, 2.24) is 5.06 Å². The van der Waals surface area contributed by atoms with Crippen molar-refractivity contribution in [3.05, 3.63) is 35.9 Å². The topological polar surface area (TPSA) is 40.2 Å². The van der Waals surface area contributed by atoms with Crippen molar-refractivity contribution < 1.29 is 9.42 Å². The summed E-state index contributed by atoms with van der Waals surface area (Å²) in [5.74, 6) is 0.366. The number of nitrogens with zero attached hydrogens (tertiary/aromatic N) is 1. The van der Waals surface area contributed by atoms with E-state index in [1.54, 1.807) is 6.26 Å². The molecule has 1 radical (unpaired) electrons. The summed E-state index contributed by atoms with van der Waals surface area (Å²) in [6.07, 6.45) is 1.63. The van der Waals surface area contributed by atoms with Gasteiger partial charge in [-0.05, 0) is 26.3 Å². The summed E-state index contributed by atoms with van der Waals surface area (Å²) >= 11 is 0. The van der Waals surface area contributed by atoms with Crippen LogP contribution < -0.4 is 0 Å². The number of rotatable bonds is 4. The Hall–Kier alpha value is -0.710. The highest BCUT2D eigenvalue weighted by molar-refractivity contribution is 7.84. The molecule has 0 amide bonds. The molecule has 0 heterocycles. The normalized spacial score (nSPS) is 15.9. The summed E-state index contributed by atoms with van der Waals surface area (Å²) < 4.78 is 11.4. The van der Waals surface area contributed by atoms with Crippen LogP contribution in [-0.4, -0.2) is 26.8 Å². The fourth-order valence-corrected chi connectivity index (χ4v) is 2.44. The maximum Gasteiger partial charge on any atom is 0.0753 e. The van der Waals surface area contributed by atoms with Crippen molar-refractivity contribution in [2.45, 2.75) is 32.4 Å². The van der Waals surface area contributed by atoms with Crippen LogP contribution in [0.2, 0.25) is 0 Å². The van der Waals surface area contributed by atoms with Crippen LogP contribution in [0.3, 0.4) is 0 Å². The fourth-order valence-electron chi connectivity index (χ4n) is 1.66. The average molecular weight is 254 g/mol. The Kier molecular flexibility index (Phi) is 4.86. The molecule has 0 aliphatic heterocycles. The number of hydrogen-bond acceptors (Lipinski definition) is 2. The number of hydrogen-bond donors (Lipinski definition) is 0. The van der Waals surface area contributed by atoms with Crippen LogP contribution in [0.1, 0.15) is 32.4 Å². The van der Waals surface area contributed by atoms with Crippen LogP contribution in [0.5, 0.6) is 0 Å². The standard InChI is InChI=1S/C13H20NO2S/c1-13(2,3)14(15)12(10-17(4)16)11-8-6-5-7-9-11/h5-9,12H,10H2,1-4H3. The quantitative estimate of drug-likeness (QED) is 0.775. The van der Waals surface area contributed by atoms with Gasteiger partial charge in [-0.15, -0.1) is 10.3 Å². The number of benzene rings is 1. The first-order valence-electron chi connectivity index (χ1n) is 5.64. The molecule has 95 valence electrons. The molecule has 1 aromatic rings. The average Bonchev–Trinajstić information content (AvgIpc) is 2.24. The first-order chi connectivity index (χ1) is 7.82. The minimum absolute atomic E-state index is 0.345. The molecule has 1 rings (SSSR count). The fraction of sp³-hybridized carbons (Fsp3) is 0.538. The van der Waals surface area contributed by atoms with E-state index in [9.17, 15) is 9.42 Å². The lowest BCUT2D eigenvalue weighted by Crippen LogP contribution is -2.42. The van der Waals surface area contributed by atoms with E-state index in [1.165, 1.54) is 0 Å². The molecule has 0 saturated carbocycles. The predicted molar refractivity (Wildman–Crippen MR) is 70.4 cm³/mol. The monoisotopic (exact) mass is 254 g/mol. The van der Waals surface area contributed by atoms with E-state index in [-0.39, 0.29) is 6.04 Å². The summed E-state index contributed by atoms with van der Waals surface area (Å²) in [4.78, 5) is 0. The zero-order valence-electron chi connectivity index (χ0n) is 10.8. The van der Waals surface area contributed by atoms with Crippen LogP contribution in [0.4, 0.5) is 0 Å². The Morgan fingerprint density at radius 3 is 2.18 bits per heavy atom. The number of hydroxylamine groups is 2. The lowest BCUT2D eigenvalue weighted by molar-refractivity contribution is -0.237. The molecule has 0 aliphatic rings. The van der Waals surface area contributed by atoms with Gasteiger partial charge in [0.1, 0.15) is 0 Å². The molecule has 0 aromatic heterocycles. The van der Waals surface area contributed by atoms with Gasteiger partial charge < -0.3 is 0 Å². The van der Waals surface area contributed by atoms with E-state index in [0.29, 0.717) is 5.75 Å². The molecule has 2 unspecified atom stereocenters. The Labute approximate surface area is 106 Å². The highest BCUT2D eigenvalue weighted by Crippen LogP contribution is 2.27. The smallest absolute Gasteiger partial charge is 0.0753 e. The Morgan fingerprint density at radius 2 is 1.76 bits per heavy atom. The second-order valence-corrected chi connectivity index (χ2v) is 6.64. The highest BCUT2D eigenvalue weighted by atomic mass is 32.2. The molecular weight excluding hydrogens is 234 g/mol. The van der Waals surface area contributed by atoms with Gasteiger partial charge in [0, 0.05) is 28.3 Å². The minimum Gasteiger partial charge on any atom is -0.260 e. The first kappa shape index (κ1) is 14.4. The van der Waals surface area contributed by atoms with Crippen molar-refractivity contribution in [3.63, 3.8) is 0 Å².